The van der Waals surface area contributed by atoms with Gasteiger partial charge in [0, 0.05) is 22.8 Å². The first-order valence-corrected chi connectivity index (χ1v) is 10.1. The minimum absolute atomic E-state index is 0.162. The molecule has 1 N–H and O–H groups in total. The van der Waals surface area contributed by atoms with Crippen LogP contribution in [0.4, 0.5) is 5.69 Å². The summed E-state index contributed by atoms with van der Waals surface area (Å²) < 4.78 is 21.8. The number of carbonyl (C=O) groups excluding carboxylic acids is 1. The predicted molar refractivity (Wildman–Crippen MR) is 120 cm³/mol. The van der Waals surface area contributed by atoms with Crippen LogP contribution in [0, 0.1) is 0 Å². The normalized spacial score (nSPS) is 12.0. The highest BCUT2D eigenvalue weighted by Crippen LogP contribution is 2.34. The monoisotopic (exact) mass is 449 g/mol. The van der Waals surface area contributed by atoms with Crippen molar-refractivity contribution in [2.75, 3.05) is 18.7 Å². The van der Waals surface area contributed by atoms with E-state index in [1.54, 1.807) is 60.7 Å². The lowest BCUT2D eigenvalue weighted by atomic mass is 10.1. The van der Waals surface area contributed by atoms with E-state index in [2.05, 4.69) is 5.32 Å². The van der Waals surface area contributed by atoms with E-state index in [9.17, 15) is 9.59 Å². The van der Waals surface area contributed by atoms with Crippen molar-refractivity contribution in [1.82, 2.24) is 0 Å². The number of hydrogen-bond acceptors (Lipinski definition) is 6. The maximum absolute atomic E-state index is 12.9. The van der Waals surface area contributed by atoms with Crippen LogP contribution in [0.2, 0.25) is 5.02 Å². The Kier molecular flexibility index (Phi) is 5.17. The lowest BCUT2D eigenvalue weighted by Gasteiger charge is -2.09. The van der Waals surface area contributed by atoms with E-state index in [4.69, 9.17) is 30.2 Å². The van der Waals surface area contributed by atoms with Crippen LogP contribution < -0.4 is 25.0 Å². The summed E-state index contributed by atoms with van der Waals surface area (Å²) in [4.78, 5) is 25.1. The number of ether oxygens (including phenoxy) is 3. The summed E-state index contributed by atoms with van der Waals surface area (Å²) in [6.45, 7) is -0.0534. The van der Waals surface area contributed by atoms with E-state index in [0.29, 0.717) is 50.1 Å². The number of halogens is 1. The fourth-order valence-electron chi connectivity index (χ4n) is 3.35. The third-order valence-electron chi connectivity index (χ3n) is 4.93. The lowest BCUT2D eigenvalue weighted by Crippen LogP contribution is -2.20. The molecule has 3 aromatic carbocycles. The van der Waals surface area contributed by atoms with Crippen molar-refractivity contribution in [2.24, 2.45) is 0 Å². The van der Waals surface area contributed by atoms with Gasteiger partial charge in [-0.05, 0) is 42.0 Å². The average Bonchev–Trinajstić information content (AvgIpc) is 3.27. The van der Waals surface area contributed by atoms with Crippen LogP contribution in [0.3, 0.4) is 0 Å². The maximum Gasteiger partial charge on any atom is 0.262 e. The van der Waals surface area contributed by atoms with Gasteiger partial charge in [-0.3, -0.25) is 9.59 Å². The van der Waals surface area contributed by atoms with Crippen LogP contribution in [0.15, 0.2) is 76.1 Å². The lowest BCUT2D eigenvalue weighted by molar-refractivity contribution is -0.118. The molecule has 1 amide bonds. The van der Waals surface area contributed by atoms with Crippen LogP contribution in [0.1, 0.15) is 0 Å². The Bertz CT molecular complexity index is 1380. The molecule has 0 radical (unpaired) electrons. The number of anilines is 1. The third-order valence-corrected chi connectivity index (χ3v) is 5.18. The molecule has 0 fully saturated rings. The van der Waals surface area contributed by atoms with E-state index in [-0.39, 0.29) is 24.7 Å². The summed E-state index contributed by atoms with van der Waals surface area (Å²) in [6, 6.07) is 16.9. The first-order valence-electron chi connectivity index (χ1n) is 9.71. The van der Waals surface area contributed by atoms with Gasteiger partial charge in [0.15, 0.2) is 23.5 Å². The van der Waals surface area contributed by atoms with E-state index in [1.807, 2.05) is 0 Å². The summed E-state index contributed by atoms with van der Waals surface area (Å²) >= 11 is 5.92. The largest absolute Gasteiger partial charge is 0.484 e. The second kappa shape index (κ2) is 8.28. The molecule has 2 heterocycles. The van der Waals surface area contributed by atoms with Gasteiger partial charge in [-0.15, -0.1) is 0 Å². The molecule has 8 heteroatoms. The van der Waals surface area contributed by atoms with Gasteiger partial charge in [0.25, 0.3) is 5.91 Å². The van der Waals surface area contributed by atoms with E-state index >= 15 is 0 Å². The van der Waals surface area contributed by atoms with Gasteiger partial charge in [-0.25, -0.2) is 0 Å². The van der Waals surface area contributed by atoms with Crippen LogP contribution >= 0.6 is 11.6 Å². The smallest absolute Gasteiger partial charge is 0.262 e. The molecule has 0 atom stereocenters. The molecule has 0 bridgehead atoms. The molecule has 160 valence electrons. The van der Waals surface area contributed by atoms with Crippen molar-refractivity contribution in [3.63, 3.8) is 0 Å². The van der Waals surface area contributed by atoms with Gasteiger partial charge in [0.1, 0.15) is 17.6 Å². The maximum atomic E-state index is 12.9. The SMILES string of the molecule is O=C(COc1ccc2c(=O)c(-c3ccc(Cl)cc3)coc2c1)Nc1ccc2c(c1)OCO2. The number of hydrogen-bond donors (Lipinski definition) is 1. The molecule has 1 aliphatic heterocycles. The summed E-state index contributed by atoms with van der Waals surface area (Å²) in [5, 5.41) is 3.73. The van der Waals surface area contributed by atoms with E-state index in [0.717, 1.165) is 0 Å². The van der Waals surface area contributed by atoms with Crippen LogP contribution in [0.25, 0.3) is 22.1 Å². The molecule has 0 spiro atoms. The van der Waals surface area contributed by atoms with Crippen LogP contribution in [-0.4, -0.2) is 19.3 Å². The molecule has 1 aliphatic rings. The Morgan fingerprint density at radius 1 is 1.00 bits per heavy atom. The summed E-state index contributed by atoms with van der Waals surface area (Å²) in [5.41, 5.74) is 1.92. The Labute approximate surface area is 187 Å². The fraction of sp³-hybridized carbons (Fsp3) is 0.0833. The summed E-state index contributed by atoms with van der Waals surface area (Å²) in [6.07, 6.45) is 1.41. The number of nitrogens with one attached hydrogen (secondary N) is 1. The van der Waals surface area contributed by atoms with Gasteiger partial charge in [-0.2, -0.15) is 0 Å². The van der Waals surface area contributed by atoms with Crippen molar-refractivity contribution in [2.45, 2.75) is 0 Å². The minimum atomic E-state index is -0.344. The molecule has 7 nitrogen and oxygen atoms in total. The molecule has 0 aliphatic carbocycles. The topological polar surface area (TPSA) is 87.0 Å². The van der Waals surface area contributed by atoms with Crippen molar-refractivity contribution in [3.8, 4) is 28.4 Å². The molecular formula is C24H16ClNO6. The number of carbonyl (C=O) groups is 1. The Morgan fingerprint density at radius 3 is 2.66 bits per heavy atom. The van der Waals surface area contributed by atoms with Gasteiger partial charge < -0.3 is 23.9 Å². The summed E-state index contributed by atoms with van der Waals surface area (Å²) in [5.74, 6) is 1.27. The molecule has 1 aromatic heterocycles. The number of fused-ring (bicyclic) bond motifs is 2. The Hall–Kier alpha value is -3.97. The quantitative estimate of drug-likeness (QED) is 0.468. The highest BCUT2D eigenvalue weighted by Gasteiger charge is 2.15. The zero-order valence-electron chi connectivity index (χ0n) is 16.6. The number of amides is 1. The molecule has 4 aromatic rings. The first-order chi connectivity index (χ1) is 15.6. The van der Waals surface area contributed by atoms with Crippen molar-refractivity contribution in [3.05, 3.63) is 82.2 Å². The molecule has 0 saturated heterocycles. The predicted octanol–water partition coefficient (Wildman–Crippen LogP) is 4.86. The van der Waals surface area contributed by atoms with E-state index in [1.165, 1.54) is 6.26 Å². The van der Waals surface area contributed by atoms with Gasteiger partial charge in [-0.1, -0.05) is 23.7 Å². The standard InChI is InChI=1S/C24H16ClNO6/c25-15-3-1-14(2-4-15)19-11-30-21-10-17(6-7-18(21)24(19)28)29-12-23(27)26-16-5-8-20-22(9-16)32-13-31-20/h1-11H,12-13H2,(H,26,27). The minimum Gasteiger partial charge on any atom is -0.484 e. The molecule has 0 unspecified atom stereocenters. The highest BCUT2D eigenvalue weighted by atomic mass is 35.5. The average molecular weight is 450 g/mol. The molecular weight excluding hydrogens is 434 g/mol. The Morgan fingerprint density at radius 2 is 1.81 bits per heavy atom. The van der Waals surface area contributed by atoms with Crippen molar-refractivity contribution in [1.29, 1.82) is 0 Å². The number of rotatable bonds is 5. The van der Waals surface area contributed by atoms with Crippen molar-refractivity contribution >= 4 is 34.2 Å². The molecule has 5 rings (SSSR count). The number of benzene rings is 3. The summed E-state index contributed by atoms with van der Waals surface area (Å²) in [7, 11) is 0. The van der Waals surface area contributed by atoms with Gasteiger partial charge in [0.05, 0.1) is 10.9 Å². The first kappa shape index (κ1) is 20.0. The zero-order valence-corrected chi connectivity index (χ0v) is 17.3. The highest BCUT2D eigenvalue weighted by molar-refractivity contribution is 6.30. The van der Waals surface area contributed by atoms with Crippen LogP contribution in [0.5, 0.6) is 17.2 Å². The zero-order chi connectivity index (χ0) is 22.1. The van der Waals surface area contributed by atoms with Gasteiger partial charge >= 0.3 is 0 Å². The fourth-order valence-corrected chi connectivity index (χ4v) is 3.47. The third kappa shape index (κ3) is 3.98. The molecule has 0 saturated carbocycles. The second-order valence-corrected chi connectivity index (χ2v) is 7.48. The Balaban J connectivity index is 1.28. The van der Waals surface area contributed by atoms with Gasteiger partial charge in [0.2, 0.25) is 6.79 Å². The van der Waals surface area contributed by atoms with Crippen LogP contribution in [-0.2, 0) is 4.79 Å². The molecule has 32 heavy (non-hydrogen) atoms. The van der Waals surface area contributed by atoms with Crippen molar-refractivity contribution < 1.29 is 23.4 Å². The van der Waals surface area contributed by atoms with E-state index < -0.39 is 0 Å². The second-order valence-electron chi connectivity index (χ2n) is 7.05.